The zero-order chi connectivity index (χ0) is 20.5. The fraction of sp³-hybridized carbons (Fsp3) is 0.429. The molecule has 2 aromatic heterocycles. The predicted octanol–water partition coefficient (Wildman–Crippen LogP) is 4.07. The summed E-state index contributed by atoms with van der Waals surface area (Å²) in [6, 6.07) is 6.80. The van der Waals surface area contributed by atoms with E-state index in [1.807, 2.05) is 4.68 Å². The summed E-state index contributed by atoms with van der Waals surface area (Å²) in [5.41, 5.74) is 2.79. The standard InChI is InChI=1S/C21H25FN6O/c1-4-13(2)28-19(15-9-10-15)17(11-23-28)21(29)24-20-14(3)27(26-25-20)12-16-7-5-6-8-18(16)22/h5-8,11,13,15H,4,9-10,12H2,1-3H3,(H,24,29). The van der Waals surface area contributed by atoms with Crippen LogP contribution in [0, 0.1) is 12.7 Å². The molecule has 0 radical (unpaired) electrons. The predicted molar refractivity (Wildman–Crippen MR) is 107 cm³/mol. The first kappa shape index (κ1) is 19.3. The Morgan fingerprint density at radius 2 is 2.10 bits per heavy atom. The smallest absolute Gasteiger partial charge is 0.260 e. The molecule has 3 aromatic rings. The van der Waals surface area contributed by atoms with E-state index in [1.54, 1.807) is 36.0 Å². The van der Waals surface area contributed by atoms with Gasteiger partial charge in [0, 0.05) is 17.5 Å². The molecule has 1 aliphatic rings. The molecule has 1 fully saturated rings. The van der Waals surface area contributed by atoms with Crippen molar-refractivity contribution in [1.82, 2.24) is 24.8 Å². The van der Waals surface area contributed by atoms with E-state index in [4.69, 9.17) is 0 Å². The summed E-state index contributed by atoms with van der Waals surface area (Å²) in [5, 5.41) is 15.5. The van der Waals surface area contributed by atoms with Crippen LogP contribution in [0.15, 0.2) is 30.5 Å². The summed E-state index contributed by atoms with van der Waals surface area (Å²) >= 11 is 0. The molecule has 0 bridgehead atoms. The van der Waals surface area contributed by atoms with E-state index < -0.39 is 0 Å². The zero-order valence-corrected chi connectivity index (χ0v) is 16.9. The van der Waals surface area contributed by atoms with Crippen molar-refractivity contribution in [2.24, 2.45) is 0 Å². The van der Waals surface area contributed by atoms with Gasteiger partial charge >= 0.3 is 0 Å². The molecule has 1 aliphatic carbocycles. The number of rotatable bonds is 7. The van der Waals surface area contributed by atoms with E-state index >= 15 is 0 Å². The third-order valence-electron chi connectivity index (χ3n) is 5.54. The Morgan fingerprint density at radius 3 is 2.79 bits per heavy atom. The minimum atomic E-state index is -0.292. The van der Waals surface area contributed by atoms with Gasteiger partial charge in [-0.2, -0.15) is 5.10 Å². The van der Waals surface area contributed by atoms with Gasteiger partial charge in [-0.25, -0.2) is 9.07 Å². The fourth-order valence-corrected chi connectivity index (χ4v) is 3.42. The highest BCUT2D eigenvalue weighted by Crippen LogP contribution is 2.42. The second kappa shape index (κ2) is 7.77. The first-order chi connectivity index (χ1) is 14.0. The molecule has 1 aromatic carbocycles. The molecule has 4 rings (SSSR count). The number of halogens is 1. The zero-order valence-electron chi connectivity index (χ0n) is 16.9. The van der Waals surface area contributed by atoms with Gasteiger partial charge in [-0.15, -0.1) is 5.10 Å². The molecule has 0 aliphatic heterocycles. The van der Waals surface area contributed by atoms with Gasteiger partial charge in [0.1, 0.15) is 5.82 Å². The van der Waals surface area contributed by atoms with Gasteiger partial charge in [-0.3, -0.25) is 9.48 Å². The van der Waals surface area contributed by atoms with Crippen LogP contribution in [-0.2, 0) is 6.54 Å². The maximum absolute atomic E-state index is 13.9. The molecule has 29 heavy (non-hydrogen) atoms. The van der Waals surface area contributed by atoms with Gasteiger partial charge in [0.15, 0.2) is 5.82 Å². The molecule has 7 nitrogen and oxygen atoms in total. The van der Waals surface area contributed by atoms with E-state index in [0.29, 0.717) is 28.6 Å². The molecule has 0 saturated heterocycles. The highest BCUT2D eigenvalue weighted by atomic mass is 19.1. The minimum Gasteiger partial charge on any atom is -0.303 e. The average Bonchev–Trinajstić information content (AvgIpc) is 3.38. The normalized spacial score (nSPS) is 14.8. The number of hydrogen-bond donors (Lipinski definition) is 1. The molecule has 1 unspecified atom stereocenters. The average molecular weight is 396 g/mol. The molecule has 2 heterocycles. The summed E-state index contributed by atoms with van der Waals surface area (Å²) in [7, 11) is 0. The fourth-order valence-electron chi connectivity index (χ4n) is 3.42. The number of nitrogens with one attached hydrogen (secondary N) is 1. The SMILES string of the molecule is CCC(C)n1ncc(C(=O)Nc2nnn(Cc3ccccc3F)c2C)c1C1CC1. The van der Waals surface area contributed by atoms with Crippen molar-refractivity contribution in [3.05, 3.63) is 58.8 Å². The molecular formula is C21H25FN6O. The largest absolute Gasteiger partial charge is 0.303 e. The van der Waals surface area contributed by atoms with Crippen molar-refractivity contribution in [3.63, 3.8) is 0 Å². The molecule has 152 valence electrons. The van der Waals surface area contributed by atoms with Crippen molar-refractivity contribution in [1.29, 1.82) is 0 Å². The Morgan fingerprint density at radius 1 is 1.34 bits per heavy atom. The molecule has 1 N–H and O–H groups in total. The van der Waals surface area contributed by atoms with Gasteiger partial charge in [-0.1, -0.05) is 30.3 Å². The Kier molecular flexibility index (Phi) is 5.17. The summed E-state index contributed by atoms with van der Waals surface area (Å²) in [6.07, 6.45) is 4.76. The number of carbonyl (C=O) groups is 1. The van der Waals surface area contributed by atoms with Gasteiger partial charge in [0.05, 0.1) is 29.7 Å². The van der Waals surface area contributed by atoms with E-state index in [9.17, 15) is 9.18 Å². The van der Waals surface area contributed by atoms with Gasteiger partial charge in [0.2, 0.25) is 0 Å². The van der Waals surface area contributed by atoms with Crippen LogP contribution in [0.4, 0.5) is 10.2 Å². The number of benzene rings is 1. The second-order valence-corrected chi connectivity index (χ2v) is 7.65. The Labute approximate surface area is 168 Å². The van der Waals surface area contributed by atoms with E-state index in [2.05, 4.69) is 34.6 Å². The number of hydrogen-bond acceptors (Lipinski definition) is 4. The van der Waals surface area contributed by atoms with E-state index in [-0.39, 0.29) is 24.3 Å². The molecule has 1 amide bonds. The molecule has 1 atom stereocenters. The van der Waals surface area contributed by atoms with Crippen molar-refractivity contribution in [2.75, 3.05) is 5.32 Å². The van der Waals surface area contributed by atoms with Crippen LogP contribution < -0.4 is 5.32 Å². The number of aromatic nitrogens is 5. The van der Waals surface area contributed by atoms with Crippen LogP contribution in [0.3, 0.4) is 0 Å². The maximum atomic E-state index is 13.9. The van der Waals surface area contributed by atoms with E-state index in [0.717, 1.165) is 25.0 Å². The van der Waals surface area contributed by atoms with Crippen LogP contribution in [0.1, 0.15) is 72.4 Å². The van der Waals surface area contributed by atoms with Crippen LogP contribution in [-0.4, -0.2) is 30.7 Å². The number of amides is 1. The van der Waals surface area contributed by atoms with Crippen LogP contribution >= 0.6 is 0 Å². The highest BCUT2D eigenvalue weighted by molar-refractivity contribution is 6.04. The third-order valence-corrected chi connectivity index (χ3v) is 5.54. The van der Waals surface area contributed by atoms with Crippen molar-refractivity contribution in [2.45, 2.75) is 58.5 Å². The van der Waals surface area contributed by atoms with Crippen LogP contribution in [0.25, 0.3) is 0 Å². The quantitative estimate of drug-likeness (QED) is 0.653. The second-order valence-electron chi connectivity index (χ2n) is 7.65. The lowest BCUT2D eigenvalue weighted by Gasteiger charge is -2.14. The van der Waals surface area contributed by atoms with Gasteiger partial charge < -0.3 is 5.32 Å². The van der Waals surface area contributed by atoms with E-state index in [1.165, 1.54) is 6.07 Å². The topological polar surface area (TPSA) is 77.6 Å². The Balaban J connectivity index is 1.55. The minimum absolute atomic E-state index is 0.234. The summed E-state index contributed by atoms with van der Waals surface area (Å²) < 4.78 is 17.5. The third kappa shape index (κ3) is 3.79. The molecular weight excluding hydrogens is 371 g/mol. The van der Waals surface area contributed by atoms with Gasteiger partial charge in [-0.05, 0) is 39.2 Å². The summed E-state index contributed by atoms with van der Waals surface area (Å²) in [5.74, 6) is 0.247. The van der Waals surface area contributed by atoms with Crippen LogP contribution in [0.2, 0.25) is 0 Å². The highest BCUT2D eigenvalue weighted by Gasteiger charge is 2.33. The number of nitrogens with zero attached hydrogens (tertiary/aromatic N) is 5. The van der Waals surface area contributed by atoms with Crippen LogP contribution in [0.5, 0.6) is 0 Å². The lowest BCUT2D eigenvalue weighted by Crippen LogP contribution is -2.17. The first-order valence-electron chi connectivity index (χ1n) is 10.0. The Bertz CT molecular complexity index is 1040. The van der Waals surface area contributed by atoms with Crippen molar-refractivity contribution >= 4 is 11.7 Å². The lowest BCUT2D eigenvalue weighted by atomic mass is 10.1. The summed E-state index contributed by atoms with van der Waals surface area (Å²) in [4.78, 5) is 13.0. The van der Waals surface area contributed by atoms with Crippen molar-refractivity contribution < 1.29 is 9.18 Å². The Hall–Kier alpha value is -3.03. The monoisotopic (exact) mass is 396 g/mol. The number of carbonyl (C=O) groups excluding carboxylic acids is 1. The maximum Gasteiger partial charge on any atom is 0.260 e. The lowest BCUT2D eigenvalue weighted by molar-refractivity contribution is 0.102. The van der Waals surface area contributed by atoms with Crippen molar-refractivity contribution in [3.8, 4) is 0 Å². The van der Waals surface area contributed by atoms with Gasteiger partial charge in [0.25, 0.3) is 5.91 Å². The molecule has 1 saturated carbocycles. The molecule has 0 spiro atoms. The summed E-state index contributed by atoms with van der Waals surface area (Å²) in [6.45, 7) is 6.28. The molecule has 8 heteroatoms. The number of anilines is 1. The first-order valence-corrected chi connectivity index (χ1v) is 10.0.